The van der Waals surface area contributed by atoms with Crippen LogP contribution < -0.4 is 0 Å². The monoisotopic (exact) mass is 420 g/mol. The first kappa shape index (κ1) is 21.1. The van der Waals surface area contributed by atoms with Crippen LogP contribution in [0.3, 0.4) is 0 Å². The van der Waals surface area contributed by atoms with Gasteiger partial charge in [0.25, 0.3) is 0 Å². The second-order valence-electron chi connectivity index (χ2n) is 9.58. The lowest BCUT2D eigenvalue weighted by Crippen LogP contribution is -2.51. The molecule has 0 amide bonds. The fraction of sp³-hybridized carbons (Fsp3) is 0.556. The van der Waals surface area contributed by atoms with E-state index < -0.39 is 0 Å². The van der Waals surface area contributed by atoms with Crippen molar-refractivity contribution in [3.8, 4) is 11.1 Å². The van der Waals surface area contributed by atoms with Crippen LogP contribution in [0.25, 0.3) is 11.1 Å². The molecular formula is C27H36N2O2. The highest BCUT2D eigenvalue weighted by Crippen LogP contribution is 2.51. The lowest BCUT2D eigenvalue weighted by atomic mass is 9.97. The Morgan fingerprint density at radius 1 is 0.839 bits per heavy atom. The van der Waals surface area contributed by atoms with Crippen LogP contribution in [0.15, 0.2) is 48.5 Å². The molecule has 0 atom stereocenters. The number of piperazine rings is 1. The Hall–Kier alpha value is -1.72. The second-order valence-corrected chi connectivity index (χ2v) is 9.58. The van der Waals surface area contributed by atoms with E-state index in [-0.39, 0.29) is 12.1 Å². The number of aliphatic hydroxyl groups excluding tert-OH is 1. The summed E-state index contributed by atoms with van der Waals surface area (Å²) in [6, 6.07) is 18.2. The van der Waals surface area contributed by atoms with Crippen molar-refractivity contribution in [1.82, 2.24) is 9.80 Å². The summed E-state index contributed by atoms with van der Waals surface area (Å²) in [6.07, 6.45) is 8.10. The van der Waals surface area contributed by atoms with E-state index in [0.717, 1.165) is 39.3 Å². The van der Waals surface area contributed by atoms with E-state index in [1.807, 2.05) is 0 Å². The van der Waals surface area contributed by atoms with Crippen LogP contribution in [0, 0.1) is 0 Å². The molecule has 1 aliphatic heterocycles. The van der Waals surface area contributed by atoms with Crippen molar-refractivity contribution < 1.29 is 9.84 Å². The highest BCUT2D eigenvalue weighted by Gasteiger charge is 2.49. The first-order chi connectivity index (χ1) is 15.3. The van der Waals surface area contributed by atoms with Crippen molar-refractivity contribution in [2.75, 3.05) is 39.3 Å². The van der Waals surface area contributed by atoms with Crippen molar-refractivity contribution in [2.24, 2.45) is 0 Å². The largest absolute Gasteiger partial charge is 0.395 e. The minimum Gasteiger partial charge on any atom is -0.395 e. The molecule has 166 valence electrons. The smallest absolute Gasteiger partial charge is 0.0720 e. The SMILES string of the molecule is OCCN1CCN(C2(c3ccc(-c4ccc(COC5CCCC5)cc4)cc3)CC2)CC1. The van der Waals surface area contributed by atoms with Crippen LogP contribution in [0.2, 0.25) is 0 Å². The Labute approximate surface area is 186 Å². The highest BCUT2D eigenvalue weighted by molar-refractivity contribution is 5.64. The molecule has 2 saturated carbocycles. The van der Waals surface area contributed by atoms with Crippen LogP contribution in [0.4, 0.5) is 0 Å². The first-order valence-electron chi connectivity index (χ1n) is 12.2. The molecule has 1 saturated heterocycles. The molecule has 5 rings (SSSR count). The van der Waals surface area contributed by atoms with Crippen molar-refractivity contribution in [3.05, 3.63) is 59.7 Å². The minimum absolute atomic E-state index is 0.255. The molecule has 0 spiro atoms. The van der Waals surface area contributed by atoms with E-state index in [0.29, 0.717) is 6.10 Å². The predicted octanol–water partition coefficient (Wildman–Crippen LogP) is 4.41. The molecule has 4 nitrogen and oxygen atoms in total. The average Bonchev–Trinajstić information content (AvgIpc) is 3.46. The normalized spacial score (nSPS) is 22.1. The van der Waals surface area contributed by atoms with Crippen molar-refractivity contribution in [3.63, 3.8) is 0 Å². The Kier molecular flexibility index (Phi) is 6.42. The van der Waals surface area contributed by atoms with Crippen LogP contribution >= 0.6 is 0 Å². The first-order valence-corrected chi connectivity index (χ1v) is 12.2. The van der Waals surface area contributed by atoms with Crippen LogP contribution in [0.5, 0.6) is 0 Å². The van der Waals surface area contributed by atoms with Gasteiger partial charge in [0, 0.05) is 38.3 Å². The van der Waals surface area contributed by atoms with E-state index in [1.165, 1.54) is 60.8 Å². The molecule has 31 heavy (non-hydrogen) atoms. The number of rotatable bonds is 8. The third kappa shape index (κ3) is 4.73. The van der Waals surface area contributed by atoms with Gasteiger partial charge in [0.2, 0.25) is 0 Å². The van der Waals surface area contributed by atoms with E-state index >= 15 is 0 Å². The van der Waals surface area contributed by atoms with E-state index in [2.05, 4.69) is 58.3 Å². The zero-order chi connectivity index (χ0) is 21.1. The average molecular weight is 421 g/mol. The predicted molar refractivity (Wildman–Crippen MR) is 125 cm³/mol. The second kappa shape index (κ2) is 9.41. The lowest BCUT2D eigenvalue weighted by molar-refractivity contribution is 0.0457. The summed E-state index contributed by atoms with van der Waals surface area (Å²) in [7, 11) is 0. The van der Waals surface area contributed by atoms with Gasteiger partial charge >= 0.3 is 0 Å². The summed E-state index contributed by atoms with van der Waals surface area (Å²) in [5.74, 6) is 0. The summed E-state index contributed by atoms with van der Waals surface area (Å²) < 4.78 is 6.05. The van der Waals surface area contributed by atoms with E-state index in [9.17, 15) is 5.11 Å². The maximum atomic E-state index is 9.18. The van der Waals surface area contributed by atoms with Gasteiger partial charge < -0.3 is 9.84 Å². The van der Waals surface area contributed by atoms with E-state index in [4.69, 9.17) is 4.74 Å². The molecule has 2 aliphatic carbocycles. The van der Waals surface area contributed by atoms with Crippen LogP contribution in [-0.2, 0) is 16.9 Å². The molecular weight excluding hydrogens is 384 g/mol. The molecule has 1 heterocycles. The maximum Gasteiger partial charge on any atom is 0.0720 e. The number of ether oxygens (including phenoxy) is 1. The molecule has 2 aromatic carbocycles. The molecule has 4 heteroatoms. The number of nitrogens with zero attached hydrogens (tertiary/aromatic N) is 2. The highest BCUT2D eigenvalue weighted by atomic mass is 16.5. The van der Waals surface area contributed by atoms with Gasteiger partial charge in [-0.2, -0.15) is 0 Å². The van der Waals surface area contributed by atoms with Crippen molar-refractivity contribution >= 4 is 0 Å². The Balaban J connectivity index is 1.20. The molecule has 0 aromatic heterocycles. The number of β-amino-alcohol motifs (C(OH)–C–C–N with tert-alkyl or cyclic N) is 1. The van der Waals surface area contributed by atoms with Gasteiger partial charge in [0.1, 0.15) is 0 Å². The molecule has 3 aliphatic rings. The topological polar surface area (TPSA) is 35.9 Å². The third-order valence-electron chi connectivity index (χ3n) is 7.61. The number of benzene rings is 2. The number of hydrogen-bond acceptors (Lipinski definition) is 4. The van der Waals surface area contributed by atoms with Gasteiger partial charge in [-0.1, -0.05) is 61.4 Å². The van der Waals surface area contributed by atoms with E-state index in [1.54, 1.807) is 0 Å². The fourth-order valence-electron chi connectivity index (χ4n) is 5.48. The summed E-state index contributed by atoms with van der Waals surface area (Å²) >= 11 is 0. The van der Waals surface area contributed by atoms with Crippen molar-refractivity contribution in [1.29, 1.82) is 0 Å². The lowest BCUT2D eigenvalue weighted by Gasteiger charge is -2.40. The summed E-state index contributed by atoms with van der Waals surface area (Å²) in [4.78, 5) is 5.05. The summed E-state index contributed by atoms with van der Waals surface area (Å²) in [5.41, 5.74) is 5.55. The maximum absolute atomic E-state index is 9.18. The van der Waals surface area contributed by atoms with Gasteiger partial charge in [0.05, 0.1) is 19.3 Å². The standard InChI is InChI=1S/C27H36N2O2/c30-20-19-28-15-17-29(18-16-28)27(13-14-27)25-11-9-24(10-12-25)23-7-5-22(6-8-23)21-31-26-3-1-2-4-26/h5-12,26,30H,1-4,13-21H2. The Morgan fingerprint density at radius 3 is 2.03 bits per heavy atom. The molecule has 3 fully saturated rings. The zero-order valence-corrected chi connectivity index (χ0v) is 18.6. The molecule has 2 aromatic rings. The molecule has 0 unspecified atom stereocenters. The van der Waals surface area contributed by atoms with Gasteiger partial charge in [-0.05, 0) is 47.9 Å². The van der Waals surface area contributed by atoms with Crippen molar-refractivity contribution in [2.45, 2.75) is 56.8 Å². The summed E-state index contributed by atoms with van der Waals surface area (Å²) in [6.45, 7) is 6.15. The van der Waals surface area contributed by atoms with Gasteiger partial charge in [-0.3, -0.25) is 9.80 Å². The number of hydrogen-bond donors (Lipinski definition) is 1. The number of aliphatic hydroxyl groups is 1. The van der Waals surface area contributed by atoms with Crippen LogP contribution in [-0.4, -0.2) is 60.3 Å². The molecule has 1 N–H and O–H groups in total. The van der Waals surface area contributed by atoms with Gasteiger partial charge in [-0.25, -0.2) is 0 Å². The third-order valence-corrected chi connectivity index (χ3v) is 7.61. The molecule has 0 bridgehead atoms. The quantitative estimate of drug-likeness (QED) is 0.686. The Morgan fingerprint density at radius 2 is 1.45 bits per heavy atom. The zero-order valence-electron chi connectivity index (χ0n) is 18.6. The molecule has 0 radical (unpaired) electrons. The van der Waals surface area contributed by atoms with Gasteiger partial charge in [0.15, 0.2) is 0 Å². The van der Waals surface area contributed by atoms with Crippen LogP contribution in [0.1, 0.15) is 49.7 Å². The van der Waals surface area contributed by atoms with Gasteiger partial charge in [-0.15, -0.1) is 0 Å². The Bertz CT molecular complexity index is 831. The summed E-state index contributed by atoms with van der Waals surface area (Å²) in [5, 5.41) is 9.18. The minimum atomic E-state index is 0.255. The fourth-order valence-corrected chi connectivity index (χ4v) is 5.48.